The molecule has 6 saturated heterocycles. The number of aromatic amines is 2. The lowest BCUT2D eigenvalue weighted by Crippen LogP contribution is -2.42. The summed E-state index contributed by atoms with van der Waals surface area (Å²) in [4.78, 5) is 133. The van der Waals surface area contributed by atoms with Crippen LogP contribution in [0.25, 0.3) is 22.1 Å². The zero-order valence-electron chi connectivity index (χ0n) is 84.1. The fraction of sp³-hybridized carbons (Fsp3) is 0.590. The maximum absolute atomic E-state index is 12.9. The van der Waals surface area contributed by atoms with Gasteiger partial charge in [0.1, 0.15) is 32.1 Å². The van der Waals surface area contributed by atoms with E-state index in [1.807, 2.05) is 60.6 Å². The number of nitrogens with one attached hydrogen (secondary N) is 6. The highest BCUT2D eigenvalue weighted by molar-refractivity contribution is 5.93. The van der Waals surface area contributed by atoms with Crippen LogP contribution in [-0.4, -0.2) is 281 Å². The van der Waals surface area contributed by atoms with Crippen LogP contribution in [0.3, 0.4) is 0 Å². The number of H-pyrrole nitrogens is 2. The van der Waals surface area contributed by atoms with Crippen LogP contribution >= 0.6 is 0 Å². The molecule has 0 spiro atoms. The van der Waals surface area contributed by atoms with E-state index in [1.54, 1.807) is 63.2 Å². The Hall–Kier alpha value is -14.1. The van der Waals surface area contributed by atoms with Gasteiger partial charge in [-0.1, -0.05) is 0 Å². The van der Waals surface area contributed by atoms with E-state index in [9.17, 15) is 39.9 Å². The molecule has 3 saturated carbocycles. The molecule has 0 radical (unpaired) electrons. The summed E-state index contributed by atoms with van der Waals surface area (Å²) in [5, 5.41) is 58.4. The molecule has 16 heterocycles. The third-order valence-corrected chi connectivity index (χ3v) is 27.4. The Balaban J connectivity index is 0.000000139. The number of aliphatic hydroxyl groups is 2. The van der Waals surface area contributed by atoms with Crippen molar-refractivity contribution in [2.75, 3.05) is 136 Å². The molecule has 3 aliphatic carbocycles. The van der Waals surface area contributed by atoms with Gasteiger partial charge >= 0.3 is 24.0 Å². The summed E-state index contributed by atoms with van der Waals surface area (Å²) < 4.78 is 47.2. The van der Waals surface area contributed by atoms with Crippen molar-refractivity contribution in [3.63, 3.8) is 0 Å². The summed E-state index contributed by atoms with van der Waals surface area (Å²) in [6.45, 7) is 26.7. The Morgan fingerprint density at radius 1 is 0.490 bits per heavy atom. The number of pyridine rings is 4. The Morgan fingerprint density at radius 2 is 0.897 bits per heavy atom. The second kappa shape index (κ2) is 46.3. The number of aliphatic hydroxyl groups excluding tert-OH is 2. The number of nitrogens with zero attached hydrogens (tertiary/aromatic N) is 23. The molecule has 19 rings (SSSR count). The van der Waals surface area contributed by atoms with Crippen LogP contribution in [-0.2, 0) is 9.47 Å². The average molecular weight is 1990 g/mol. The van der Waals surface area contributed by atoms with Crippen molar-refractivity contribution < 1.29 is 67.3 Å². The molecule has 772 valence electrons. The molecule has 45 nitrogen and oxygen atoms in total. The van der Waals surface area contributed by atoms with Crippen molar-refractivity contribution in [3.05, 3.63) is 114 Å². The normalized spacial score (nSPS) is 19.7. The first-order valence-electron chi connectivity index (χ1n) is 50.3. The summed E-state index contributed by atoms with van der Waals surface area (Å²) in [5.41, 5.74) is 15.3. The molecule has 1 unspecified atom stereocenters. The Kier molecular flexibility index (Phi) is 33.2. The topological polar surface area (TPSA) is 594 Å². The van der Waals surface area contributed by atoms with Crippen LogP contribution in [0, 0.1) is 51.2 Å². The average Bonchev–Trinajstić information content (AvgIpc) is 1.42. The number of nitriles is 2. The van der Waals surface area contributed by atoms with Gasteiger partial charge in [-0.05, 0) is 250 Å². The predicted molar refractivity (Wildman–Crippen MR) is 534 cm³/mol. The summed E-state index contributed by atoms with van der Waals surface area (Å²) in [6, 6.07) is 15.6. The molecule has 4 amide bonds. The minimum Gasteiger partial charge on any atom is -0.490 e. The fourth-order valence-electron chi connectivity index (χ4n) is 18.0. The number of rotatable bonds is 34. The number of carbonyl (C=O) groups is 4. The van der Waals surface area contributed by atoms with Gasteiger partial charge in [-0.3, -0.25) is 34.2 Å². The van der Waals surface area contributed by atoms with E-state index >= 15 is 0 Å². The van der Waals surface area contributed by atoms with E-state index in [0.29, 0.717) is 142 Å². The highest BCUT2D eigenvalue weighted by Gasteiger charge is 2.46. The number of amides is 4. The third kappa shape index (κ3) is 28.3. The highest BCUT2D eigenvalue weighted by Crippen LogP contribution is 2.47. The molecule has 5 atom stereocenters. The molecule has 45 heteroatoms. The number of nitrogen functional groups attached to an aromatic ring is 2. The SMILES string of the molecule is CC(C)(C)NC(=O)c1nc(OCC2(C#N)CC2)nc(N2CCC(COc3cnccc3N)CC2)n1.CC(NC(=O)c1nc(OCC2(C#N)CC2)nc(N2CCC(COc3cnccc3N)CC2)n1)C1CC1.C[C@H](CO)NC(=O)c1nc(OC[C@H]2CCC(C)(C)O2)nc(N2CCC(c3[nH]nc4ncccc34)CC2)n1.C[C@H](CO)NC(=O)c1nc(OC[C@H]2CCC(C)(C)O2)nc(N2CCC(c3c[nH]c4ncccc34)CC2)n1. The zero-order chi connectivity index (χ0) is 102. The second-order valence-electron chi connectivity index (χ2n) is 41.4. The quantitative estimate of drug-likeness (QED) is 0.0179. The van der Waals surface area contributed by atoms with Crippen LogP contribution in [0.2, 0.25) is 0 Å². The largest absolute Gasteiger partial charge is 0.490 e. The molecule has 10 aromatic heterocycles. The maximum atomic E-state index is 12.9. The van der Waals surface area contributed by atoms with Crippen molar-refractivity contribution in [1.82, 2.24) is 116 Å². The summed E-state index contributed by atoms with van der Waals surface area (Å²) in [6.07, 6.45) is 28.2. The molecule has 9 fully saturated rings. The van der Waals surface area contributed by atoms with Gasteiger partial charge in [-0.2, -0.15) is 75.4 Å². The minimum atomic E-state index is -0.486. The van der Waals surface area contributed by atoms with Gasteiger partial charge in [0.2, 0.25) is 47.1 Å². The van der Waals surface area contributed by atoms with Crippen LogP contribution in [0.1, 0.15) is 250 Å². The van der Waals surface area contributed by atoms with Gasteiger partial charge in [0.05, 0.1) is 96.6 Å². The van der Waals surface area contributed by atoms with Crippen LogP contribution in [0.5, 0.6) is 35.5 Å². The van der Waals surface area contributed by atoms with Gasteiger partial charge in [-0.15, -0.1) is 0 Å². The number of hydrogen-bond acceptors (Lipinski definition) is 39. The first-order valence-corrected chi connectivity index (χ1v) is 50.3. The first kappa shape index (κ1) is 104. The lowest BCUT2D eigenvalue weighted by molar-refractivity contribution is -0.0341. The van der Waals surface area contributed by atoms with Crippen LogP contribution < -0.4 is 80.8 Å². The molecular formula is C100H133N31O14. The number of fused-ring (bicyclic) bond motifs is 2. The number of hydrogen-bond donors (Lipinski definition) is 10. The number of ether oxygens (including phenoxy) is 8. The highest BCUT2D eigenvalue weighted by atomic mass is 16.6. The maximum Gasteiger partial charge on any atom is 0.322 e. The number of nitrogens with two attached hydrogens (primary N) is 2. The molecule has 12 N–H and O–H groups in total. The van der Waals surface area contributed by atoms with Crippen molar-refractivity contribution in [1.29, 1.82) is 10.5 Å². The smallest absolute Gasteiger partial charge is 0.322 e. The van der Waals surface area contributed by atoms with Crippen LogP contribution in [0.4, 0.5) is 35.2 Å². The lowest BCUT2D eigenvalue weighted by atomic mass is 9.89. The van der Waals surface area contributed by atoms with Gasteiger partial charge in [-0.25, -0.2) is 9.97 Å². The Morgan fingerprint density at radius 3 is 1.30 bits per heavy atom. The van der Waals surface area contributed by atoms with E-state index in [-0.39, 0.29) is 109 Å². The second-order valence-corrected chi connectivity index (χ2v) is 41.4. The Labute approximate surface area is 841 Å². The van der Waals surface area contributed by atoms with E-state index in [0.717, 1.165) is 156 Å². The lowest BCUT2D eigenvalue weighted by Gasteiger charge is -2.32. The van der Waals surface area contributed by atoms with Gasteiger partial charge in [0, 0.05) is 129 Å². The fourth-order valence-corrected chi connectivity index (χ4v) is 18.0. The number of aromatic nitrogens is 19. The van der Waals surface area contributed by atoms with Crippen LogP contribution in [0.15, 0.2) is 79.8 Å². The zero-order valence-corrected chi connectivity index (χ0v) is 84.1. The van der Waals surface area contributed by atoms with Gasteiger partial charge in [0.25, 0.3) is 23.6 Å². The van der Waals surface area contributed by atoms with Gasteiger partial charge in [0.15, 0.2) is 17.1 Å². The molecule has 0 bridgehead atoms. The van der Waals surface area contributed by atoms with E-state index in [1.165, 1.54) is 5.56 Å². The summed E-state index contributed by atoms with van der Waals surface area (Å²) >= 11 is 0. The summed E-state index contributed by atoms with van der Waals surface area (Å²) in [7, 11) is 0. The number of piperidine rings is 4. The molecular weight excluding hydrogens is 1860 g/mol. The number of carbonyl (C=O) groups excluding carboxylic acids is 4. The molecule has 0 aromatic carbocycles. The van der Waals surface area contributed by atoms with E-state index in [2.05, 4.69) is 173 Å². The monoisotopic (exact) mass is 1990 g/mol. The number of anilines is 6. The molecule has 145 heavy (non-hydrogen) atoms. The van der Waals surface area contributed by atoms with Crippen molar-refractivity contribution in [2.24, 2.45) is 28.6 Å². The molecule has 6 aliphatic heterocycles. The predicted octanol–water partition coefficient (Wildman–Crippen LogP) is 9.26. The van der Waals surface area contributed by atoms with Crippen molar-refractivity contribution >= 4 is 80.9 Å². The van der Waals surface area contributed by atoms with Crippen molar-refractivity contribution in [3.8, 4) is 47.7 Å². The third-order valence-electron chi connectivity index (χ3n) is 27.4. The van der Waals surface area contributed by atoms with Crippen molar-refractivity contribution in [2.45, 2.75) is 244 Å². The molecule has 9 aliphatic rings. The minimum absolute atomic E-state index is 0.000704. The molecule has 10 aromatic rings. The standard InChI is InChI=1S/C26H35N7O4.C25H34N8O4.C25H32N8O3.C24H32N8O3/c1-16(14-34)29-23(35)22-30-24(32-25(31-22)36-15-18-6-9-26(2,3)37-18)33-11-7-17(8-12-33)20-13-28-21-19(20)5-4-10-27-21;1-15(13-34)27-22(35)21-28-23(30-24(29-21)36-14-17-6-9-25(2,3)37-17)33-11-7-16(8-12-33)19-18-5-4-10-26-20(18)32-31-19;1-16(18-2-3-18)29-22(34)21-30-23(32-24(31-21)36-15-25(14-26)7-8-25)33-10-5-17(6-11-33)13-35-20-12-28-9-4-19(20)27;1-23(2,3)31-20(33)19-28-21(30-22(29-19)35-15-24(14-25)7-8-24)32-10-5-16(6-11-32)13-34-18-12-27-9-4-17(18)26/h4-5,10,13,16-18,34H,6-9,11-12,14-15H2,1-3H3,(H,27,28)(H,29,35);4-5,10,15-17,34H,6-9,11-14H2,1-3H3,(H,27,35)(H,26,31,32);4,9,12,16-18H,2-3,5-8,10-11,13,15H2,1H3,(H2,27,28)(H,29,34);4,9,12,16H,5-8,10-11,13,15H2,1-3H3,(H2,26,27)(H,31,33)/t16-,18-;15-,17-;;/m11../s1. The summed E-state index contributed by atoms with van der Waals surface area (Å²) in [5.74, 6) is 3.00. The van der Waals surface area contributed by atoms with E-state index < -0.39 is 46.2 Å². The first-order chi connectivity index (χ1) is 69.7. The Bertz CT molecular complexity index is 6000. The van der Waals surface area contributed by atoms with E-state index in [4.69, 9.17) is 49.4 Å². The van der Waals surface area contributed by atoms with Gasteiger partial charge < -0.3 is 105 Å².